The third kappa shape index (κ3) is 6.90. The van der Waals surface area contributed by atoms with Crippen LogP contribution in [0.25, 0.3) is 0 Å². The van der Waals surface area contributed by atoms with Crippen molar-refractivity contribution in [3.8, 4) is 0 Å². The second-order valence-corrected chi connectivity index (χ2v) is 7.58. The fraction of sp³-hybridized carbons (Fsp3) is 0.765. The summed E-state index contributed by atoms with van der Waals surface area (Å²) in [5.41, 5.74) is 0. The van der Waals surface area contributed by atoms with Gasteiger partial charge >= 0.3 is 0 Å². The number of nitrogens with zero attached hydrogens (tertiary/aromatic N) is 2. The van der Waals surface area contributed by atoms with E-state index in [0.29, 0.717) is 12.5 Å². The first-order chi connectivity index (χ1) is 11.1. The van der Waals surface area contributed by atoms with E-state index in [4.69, 9.17) is 0 Å². The third-order valence-corrected chi connectivity index (χ3v) is 4.80. The van der Waals surface area contributed by atoms with Gasteiger partial charge in [0.2, 0.25) is 5.91 Å². The highest BCUT2D eigenvalue weighted by molar-refractivity contribution is 14.0. The predicted octanol–water partition coefficient (Wildman–Crippen LogP) is 3.25. The topological polar surface area (TPSA) is 56.7 Å². The molecule has 2 N–H and O–H groups in total. The predicted molar refractivity (Wildman–Crippen MR) is 114 cm³/mol. The molecular weight excluding hydrogens is 483 g/mol. The molecule has 1 aliphatic carbocycles. The Labute approximate surface area is 171 Å². The van der Waals surface area contributed by atoms with Gasteiger partial charge in [-0.2, -0.15) is 0 Å². The number of guanidine groups is 1. The highest BCUT2D eigenvalue weighted by Crippen LogP contribution is 2.26. The number of carbonyl (C=O) groups excluding carboxylic acids is 1. The van der Waals surface area contributed by atoms with Crippen LogP contribution in [0.2, 0.25) is 0 Å². The van der Waals surface area contributed by atoms with E-state index in [1.54, 1.807) is 0 Å². The standard InChI is InChI=1S/C17H29BrN4O.HI/c1-3-19-17(20-11-13(2)18)21-15-9-10-22(12-15)16(23)14-7-5-4-6-8-14;/h14-15H,2-12H2,1H3,(H2,19,20,21);1H. The molecule has 2 aliphatic rings. The van der Waals surface area contributed by atoms with Gasteiger partial charge < -0.3 is 15.5 Å². The van der Waals surface area contributed by atoms with E-state index in [1.807, 2.05) is 11.8 Å². The van der Waals surface area contributed by atoms with Crippen molar-refractivity contribution < 1.29 is 4.79 Å². The fourth-order valence-corrected chi connectivity index (χ4v) is 3.49. The number of rotatable bonds is 5. The molecule has 5 nitrogen and oxygen atoms in total. The molecule has 7 heteroatoms. The van der Waals surface area contributed by atoms with Gasteiger partial charge in [0, 0.05) is 36.1 Å². The molecule has 0 spiro atoms. The first-order valence-electron chi connectivity index (χ1n) is 8.77. The number of hydrogen-bond donors (Lipinski definition) is 2. The van der Waals surface area contributed by atoms with Crippen molar-refractivity contribution in [3.05, 3.63) is 11.1 Å². The lowest BCUT2D eigenvalue weighted by molar-refractivity contribution is -0.135. The summed E-state index contributed by atoms with van der Waals surface area (Å²) in [4.78, 5) is 19.1. The van der Waals surface area contributed by atoms with Gasteiger partial charge in [-0.05, 0) is 26.2 Å². The van der Waals surface area contributed by atoms with E-state index in [-0.39, 0.29) is 35.9 Å². The number of likely N-dealkylation sites (tertiary alicyclic amines) is 1. The Kier molecular flexibility index (Phi) is 10.3. The number of aliphatic imine (C=N–C) groups is 1. The Morgan fingerprint density at radius 1 is 1.29 bits per heavy atom. The van der Waals surface area contributed by atoms with Gasteiger partial charge in [-0.3, -0.25) is 4.79 Å². The lowest BCUT2D eigenvalue weighted by atomic mass is 9.88. The largest absolute Gasteiger partial charge is 0.357 e. The smallest absolute Gasteiger partial charge is 0.225 e. The summed E-state index contributed by atoms with van der Waals surface area (Å²) < 4.78 is 0.857. The molecule has 2 fully saturated rings. The highest BCUT2D eigenvalue weighted by atomic mass is 127. The van der Waals surface area contributed by atoms with E-state index in [2.05, 4.69) is 38.1 Å². The normalized spacial score (nSPS) is 22.0. The summed E-state index contributed by atoms with van der Waals surface area (Å²) in [6, 6.07) is 0.281. The summed E-state index contributed by atoms with van der Waals surface area (Å²) in [5.74, 6) is 1.43. The van der Waals surface area contributed by atoms with Crippen LogP contribution in [0.1, 0.15) is 45.4 Å². The molecule has 24 heavy (non-hydrogen) atoms. The summed E-state index contributed by atoms with van der Waals surface area (Å²) in [6.45, 7) is 8.87. The van der Waals surface area contributed by atoms with Gasteiger partial charge in [-0.15, -0.1) is 24.0 Å². The van der Waals surface area contributed by atoms with E-state index < -0.39 is 0 Å². The van der Waals surface area contributed by atoms with Crippen LogP contribution >= 0.6 is 39.9 Å². The summed E-state index contributed by atoms with van der Waals surface area (Å²) >= 11 is 3.33. The number of amides is 1. The number of nitrogens with one attached hydrogen (secondary N) is 2. The number of halogens is 2. The van der Waals surface area contributed by atoms with Gasteiger partial charge in [-0.1, -0.05) is 41.8 Å². The van der Waals surface area contributed by atoms with Crippen molar-refractivity contribution in [1.29, 1.82) is 0 Å². The van der Waals surface area contributed by atoms with E-state index in [0.717, 1.165) is 49.3 Å². The van der Waals surface area contributed by atoms with Crippen LogP contribution in [0.3, 0.4) is 0 Å². The maximum absolute atomic E-state index is 12.6. The molecule has 1 unspecified atom stereocenters. The van der Waals surface area contributed by atoms with Crippen molar-refractivity contribution >= 4 is 51.8 Å². The second kappa shape index (κ2) is 11.3. The van der Waals surface area contributed by atoms with Crippen LogP contribution in [0.4, 0.5) is 0 Å². The molecule has 0 aromatic heterocycles. The molecule has 1 saturated carbocycles. The minimum Gasteiger partial charge on any atom is -0.357 e. The first-order valence-corrected chi connectivity index (χ1v) is 9.56. The average Bonchev–Trinajstić information content (AvgIpc) is 3.01. The van der Waals surface area contributed by atoms with Gasteiger partial charge in [0.25, 0.3) is 0 Å². The van der Waals surface area contributed by atoms with Crippen LogP contribution in [-0.2, 0) is 4.79 Å². The number of carbonyl (C=O) groups is 1. The summed E-state index contributed by atoms with van der Waals surface area (Å²) in [6.07, 6.45) is 6.84. The molecular formula is C17H30BrIN4O. The molecule has 1 atom stereocenters. The lowest BCUT2D eigenvalue weighted by Crippen LogP contribution is -2.45. The van der Waals surface area contributed by atoms with Crippen molar-refractivity contribution in [2.75, 3.05) is 26.2 Å². The van der Waals surface area contributed by atoms with Crippen molar-refractivity contribution in [1.82, 2.24) is 15.5 Å². The molecule has 0 aromatic carbocycles. The van der Waals surface area contributed by atoms with E-state index >= 15 is 0 Å². The molecule has 1 heterocycles. The quantitative estimate of drug-likeness (QED) is 0.338. The maximum atomic E-state index is 12.6. The average molecular weight is 513 g/mol. The van der Waals surface area contributed by atoms with Crippen LogP contribution in [0, 0.1) is 5.92 Å². The molecule has 1 saturated heterocycles. The second-order valence-electron chi connectivity index (χ2n) is 6.46. The van der Waals surface area contributed by atoms with Crippen molar-refractivity contribution in [2.24, 2.45) is 10.9 Å². The molecule has 2 rings (SSSR count). The van der Waals surface area contributed by atoms with Crippen LogP contribution in [0.5, 0.6) is 0 Å². The molecule has 0 aromatic rings. The number of hydrogen-bond acceptors (Lipinski definition) is 2. The monoisotopic (exact) mass is 512 g/mol. The zero-order valence-electron chi connectivity index (χ0n) is 14.5. The minimum atomic E-state index is 0. The zero-order chi connectivity index (χ0) is 16.7. The Morgan fingerprint density at radius 2 is 2.00 bits per heavy atom. The Bertz CT molecular complexity index is 452. The molecule has 138 valence electrons. The van der Waals surface area contributed by atoms with Gasteiger partial charge in [0.15, 0.2) is 5.96 Å². The van der Waals surface area contributed by atoms with Crippen LogP contribution in [-0.4, -0.2) is 49.0 Å². The van der Waals surface area contributed by atoms with Crippen molar-refractivity contribution in [3.63, 3.8) is 0 Å². The molecule has 0 radical (unpaired) electrons. The zero-order valence-corrected chi connectivity index (χ0v) is 18.4. The van der Waals surface area contributed by atoms with Crippen LogP contribution < -0.4 is 10.6 Å². The van der Waals surface area contributed by atoms with Gasteiger partial charge in [0.1, 0.15) is 0 Å². The SMILES string of the molecule is C=C(Br)CN=C(NCC)NC1CCN(C(=O)C2CCCCC2)C1.I. The fourth-order valence-electron chi connectivity index (χ4n) is 3.36. The van der Waals surface area contributed by atoms with Crippen molar-refractivity contribution in [2.45, 2.75) is 51.5 Å². The van der Waals surface area contributed by atoms with Gasteiger partial charge in [0.05, 0.1) is 6.54 Å². The molecule has 1 amide bonds. The van der Waals surface area contributed by atoms with E-state index in [9.17, 15) is 4.79 Å². The lowest BCUT2D eigenvalue weighted by Gasteiger charge is -2.26. The maximum Gasteiger partial charge on any atom is 0.225 e. The molecule has 1 aliphatic heterocycles. The highest BCUT2D eigenvalue weighted by Gasteiger charge is 2.31. The Morgan fingerprint density at radius 3 is 2.62 bits per heavy atom. The summed E-state index contributed by atoms with van der Waals surface area (Å²) in [7, 11) is 0. The first kappa shape index (κ1) is 21.7. The third-order valence-electron chi connectivity index (χ3n) is 4.55. The Balaban J connectivity index is 0.00000288. The van der Waals surface area contributed by atoms with E-state index in [1.165, 1.54) is 19.3 Å². The minimum absolute atomic E-state index is 0. The molecule has 0 bridgehead atoms. The van der Waals surface area contributed by atoms with Gasteiger partial charge in [-0.25, -0.2) is 4.99 Å². The van der Waals surface area contributed by atoms with Crippen LogP contribution in [0.15, 0.2) is 16.1 Å². The Hall–Kier alpha value is -0.310. The summed E-state index contributed by atoms with van der Waals surface area (Å²) in [5, 5.41) is 6.69.